The van der Waals surface area contributed by atoms with Crippen LogP contribution < -0.4 is 10.5 Å². The zero-order valence-corrected chi connectivity index (χ0v) is 23.8. The van der Waals surface area contributed by atoms with Crippen molar-refractivity contribution in [2.45, 2.75) is 50.8 Å². The summed E-state index contributed by atoms with van der Waals surface area (Å²) in [7, 11) is 1.65. The number of aryl methyl sites for hydroxylation is 1. The van der Waals surface area contributed by atoms with E-state index in [1.807, 2.05) is 36.4 Å². The Morgan fingerprint density at radius 1 is 1.17 bits per heavy atom. The first-order valence-electron chi connectivity index (χ1n) is 13.7. The number of imidazole rings is 1. The fourth-order valence-corrected chi connectivity index (χ4v) is 5.51. The Balaban J connectivity index is 1.36. The maximum absolute atomic E-state index is 12.8. The predicted molar refractivity (Wildman–Crippen MR) is 157 cm³/mol. The number of benzene rings is 2. The van der Waals surface area contributed by atoms with E-state index in [0.717, 1.165) is 34.2 Å². The molecule has 2 aromatic carbocycles. The summed E-state index contributed by atoms with van der Waals surface area (Å²) in [5, 5.41) is 10.6. The summed E-state index contributed by atoms with van der Waals surface area (Å²) in [5.41, 5.74) is 8.35. The molecule has 41 heavy (non-hydrogen) atoms. The topological polar surface area (TPSA) is 133 Å². The van der Waals surface area contributed by atoms with E-state index in [4.69, 9.17) is 31.8 Å². The van der Waals surface area contributed by atoms with Crippen LogP contribution in [0.15, 0.2) is 48.5 Å². The number of pyridine rings is 1. The fourth-order valence-electron chi connectivity index (χ4n) is 5.34. The number of nitrogens with zero attached hydrogens (tertiary/aromatic N) is 4. The third-order valence-corrected chi connectivity index (χ3v) is 7.86. The van der Waals surface area contributed by atoms with Gasteiger partial charge >= 0.3 is 5.97 Å². The van der Waals surface area contributed by atoms with Crippen LogP contribution in [0.5, 0.6) is 5.75 Å². The first kappa shape index (κ1) is 28.6. The normalized spacial score (nSPS) is 14.2. The molecule has 0 aliphatic heterocycles. The average molecular weight is 580 g/mol. The van der Waals surface area contributed by atoms with E-state index in [1.54, 1.807) is 24.1 Å². The van der Waals surface area contributed by atoms with E-state index in [1.165, 1.54) is 0 Å². The second-order valence-corrected chi connectivity index (χ2v) is 10.6. The molecule has 1 amide bonds. The minimum atomic E-state index is -1.17. The molecule has 0 unspecified atom stereocenters. The van der Waals surface area contributed by atoms with Gasteiger partial charge in [0.05, 0.1) is 17.6 Å². The summed E-state index contributed by atoms with van der Waals surface area (Å²) in [6, 6.07) is 15.1. The number of carboxylic acids is 1. The summed E-state index contributed by atoms with van der Waals surface area (Å²) < 4.78 is 13.4. The molecule has 1 saturated carbocycles. The number of alkyl halides is 1. The monoisotopic (exact) mass is 579 g/mol. The van der Waals surface area contributed by atoms with Gasteiger partial charge in [0.2, 0.25) is 11.5 Å². The number of hydrogen-bond acceptors (Lipinski definition) is 7. The van der Waals surface area contributed by atoms with Gasteiger partial charge in [0.25, 0.3) is 0 Å². The van der Waals surface area contributed by atoms with Crippen molar-refractivity contribution in [2.75, 3.05) is 31.9 Å². The summed E-state index contributed by atoms with van der Waals surface area (Å²) in [5.74, 6) is 0.425. The molecule has 4 aromatic rings. The molecule has 2 aromatic heterocycles. The van der Waals surface area contributed by atoms with Crippen LogP contribution in [0.2, 0.25) is 0 Å². The van der Waals surface area contributed by atoms with E-state index in [-0.39, 0.29) is 11.8 Å². The largest absolute Gasteiger partial charge is 0.478 e. The number of carboxylic acid groups (broad SMARTS) is 1. The van der Waals surface area contributed by atoms with Gasteiger partial charge in [-0.15, -0.1) is 11.6 Å². The van der Waals surface area contributed by atoms with Crippen LogP contribution in [-0.2, 0) is 33.8 Å². The second kappa shape index (κ2) is 12.3. The number of ether oxygens (including phenoxy) is 2. The Morgan fingerprint density at radius 2 is 1.98 bits per heavy atom. The van der Waals surface area contributed by atoms with Crippen LogP contribution in [-0.4, -0.2) is 68.2 Å². The lowest BCUT2D eigenvalue weighted by Crippen LogP contribution is -2.50. The Kier molecular flexibility index (Phi) is 8.60. The number of aromatic nitrogens is 3. The Hall–Kier alpha value is -3.89. The SMILES string of the molecule is COCCc1nc2c(N)nc3ccccc3c2n1CCCN(Cc1cccc(OC2(C(=O)O)CCC2)c1)C(=O)CCl. The number of para-hydroxylation sites is 1. The summed E-state index contributed by atoms with van der Waals surface area (Å²) in [6.07, 6.45) is 3.03. The number of nitrogens with two attached hydrogens (primary N) is 1. The Bertz CT molecular complexity index is 1570. The van der Waals surface area contributed by atoms with Crippen molar-refractivity contribution in [2.24, 2.45) is 0 Å². The van der Waals surface area contributed by atoms with Gasteiger partial charge < -0.3 is 29.8 Å². The molecule has 10 nitrogen and oxygen atoms in total. The van der Waals surface area contributed by atoms with E-state index >= 15 is 0 Å². The number of carbonyl (C=O) groups is 2. The van der Waals surface area contributed by atoms with Crippen LogP contribution in [0.1, 0.15) is 37.1 Å². The van der Waals surface area contributed by atoms with Crippen molar-refractivity contribution in [1.29, 1.82) is 0 Å². The number of rotatable bonds is 13. The van der Waals surface area contributed by atoms with E-state index in [9.17, 15) is 14.7 Å². The third-order valence-electron chi connectivity index (χ3n) is 7.63. The first-order chi connectivity index (χ1) is 19.8. The summed E-state index contributed by atoms with van der Waals surface area (Å²) in [4.78, 5) is 35.7. The molecular formula is C30H34ClN5O5. The van der Waals surface area contributed by atoms with Crippen LogP contribution in [0.3, 0.4) is 0 Å². The number of aliphatic carboxylic acids is 1. The van der Waals surface area contributed by atoms with Gasteiger partial charge in [0, 0.05) is 38.6 Å². The van der Waals surface area contributed by atoms with Crippen molar-refractivity contribution in [3.8, 4) is 5.75 Å². The summed E-state index contributed by atoms with van der Waals surface area (Å²) in [6.45, 7) is 1.88. The predicted octanol–water partition coefficient (Wildman–Crippen LogP) is 4.40. The number of amides is 1. The van der Waals surface area contributed by atoms with E-state index in [0.29, 0.717) is 69.0 Å². The number of fused-ring (bicyclic) bond motifs is 3. The fraction of sp³-hybridized carbons (Fsp3) is 0.400. The molecule has 0 spiro atoms. The Labute approximate surface area is 243 Å². The maximum atomic E-state index is 12.8. The average Bonchev–Trinajstić information content (AvgIpc) is 3.32. The molecule has 0 saturated heterocycles. The number of carbonyl (C=O) groups excluding carboxylic acids is 1. The van der Waals surface area contributed by atoms with E-state index in [2.05, 4.69) is 9.55 Å². The highest BCUT2D eigenvalue weighted by Crippen LogP contribution is 2.37. The van der Waals surface area contributed by atoms with Crippen LogP contribution in [0.4, 0.5) is 5.82 Å². The van der Waals surface area contributed by atoms with Gasteiger partial charge in [-0.3, -0.25) is 4.79 Å². The van der Waals surface area contributed by atoms with Crippen LogP contribution >= 0.6 is 11.6 Å². The molecule has 5 rings (SSSR count). The number of nitrogen functional groups attached to an aromatic ring is 1. The molecule has 0 atom stereocenters. The van der Waals surface area contributed by atoms with Crippen molar-refractivity contribution < 1.29 is 24.2 Å². The smallest absolute Gasteiger partial charge is 0.348 e. The highest BCUT2D eigenvalue weighted by molar-refractivity contribution is 6.27. The Morgan fingerprint density at radius 3 is 2.68 bits per heavy atom. The number of anilines is 1. The van der Waals surface area contributed by atoms with Crippen molar-refractivity contribution in [3.05, 3.63) is 59.9 Å². The molecule has 1 aliphatic rings. The molecule has 11 heteroatoms. The first-order valence-corrected chi connectivity index (χ1v) is 14.3. The van der Waals surface area contributed by atoms with E-state index < -0.39 is 11.6 Å². The zero-order chi connectivity index (χ0) is 29.0. The minimum Gasteiger partial charge on any atom is -0.478 e. The number of methoxy groups -OCH3 is 1. The van der Waals surface area contributed by atoms with Crippen LogP contribution in [0, 0.1) is 0 Å². The number of halogens is 1. The molecule has 2 heterocycles. The standard InChI is InChI=1S/C30H34ClN5O5/c1-40-16-11-24-34-26-27(22-9-2-3-10-23(22)33-28(26)32)36(24)15-6-14-35(25(37)18-31)19-20-7-4-8-21(17-20)41-30(29(38)39)12-5-13-30/h2-4,7-10,17H,5-6,11-16,18-19H2,1H3,(H2,32,33)(H,38,39). The lowest BCUT2D eigenvalue weighted by molar-refractivity contribution is -0.163. The third kappa shape index (κ3) is 5.94. The lowest BCUT2D eigenvalue weighted by Gasteiger charge is -2.37. The quantitative estimate of drug-likeness (QED) is 0.223. The zero-order valence-electron chi connectivity index (χ0n) is 23.0. The van der Waals surface area contributed by atoms with Crippen LogP contribution in [0.25, 0.3) is 21.9 Å². The molecule has 1 aliphatic carbocycles. The molecule has 1 fully saturated rings. The van der Waals surface area contributed by atoms with Crippen molar-refractivity contribution in [3.63, 3.8) is 0 Å². The maximum Gasteiger partial charge on any atom is 0.348 e. The molecular weight excluding hydrogens is 546 g/mol. The van der Waals surface area contributed by atoms with Gasteiger partial charge in [-0.1, -0.05) is 30.3 Å². The van der Waals surface area contributed by atoms with Gasteiger partial charge in [-0.25, -0.2) is 14.8 Å². The van der Waals surface area contributed by atoms with Gasteiger partial charge in [-0.2, -0.15) is 0 Å². The van der Waals surface area contributed by atoms with Gasteiger partial charge in [0.15, 0.2) is 5.82 Å². The minimum absolute atomic E-state index is 0.141. The van der Waals surface area contributed by atoms with Gasteiger partial charge in [-0.05, 0) is 49.4 Å². The number of hydrogen-bond donors (Lipinski definition) is 2. The molecule has 0 radical (unpaired) electrons. The molecule has 216 valence electrons. The molecule has 3 N–H and O–H groups in total. The van der Waals surface area contributed by atoms with Crippen molar-refractivity contribution >= 4 is 51.2 Å². The summed E-state index contributed by atoms with van der Waals surface area (Å²) >= 11 is 5.98. The van der Waals surface area contributed by atoms with Gasteiger partial charge in [0.1, 0.15) is 23.0 Å². The lowest BCUT2D eigenvalue weighted by atomic mass is 9.80. The van der Waals surface area contributed by atoms with Crippen molar-refractivity contribution in [1.82, 2.24) is 19.4 Å². The molecule has 0 bridgehead atoms. The highest BCUT2D eigenvalue weighted by atomic mass is 35.5. The highest BCUT2D eigenvalue weighted by Gasteiger charge is 2.47. The second-order valence-electron chi connectivity index (χ2n) is 10.3.